The van der Waals surface area contributed by atoms with Crippen molar-refractivity contribution in [3.8, 4) is 5.75 Å². The molecular weight excluding hydrogens is 356 g/mol. The van der Waals surface area contributed by atoms with Crippen molar-refractivity contribution in [3.05, 3.63) is 28.2 Å². The van der Waals surface area contributed by atoms with Crippen molar-refractivity contribution >= 4 is 21.7 Å². The first kappa shape index (κ1) is 15.6. The third-order valence-corrected chi connectivity index (χ3v) is 6.46. The maximum Gasteiger partial charge on any atom is 0.244 e. The summed E-state index contributed by atoms with van der Waals surface area (Å²) in [5, 5.41) is 0. The lowest BCUT2D eigenvalue weighted by molar-refractivity contribution is -1.18. The number of hydrogen-bond acceptors (Lipinski definition) is 2. The number of carbonyl (C=O) groups excluding carboxylic acids is 1. The summed E-state index contributed by atoms with van der Waals surface area (Å²) in [6.07, 6.45) is 0.378. The first-order chi connectivity index (χ1) is 10.9. The molecule has 5 heteroatoms. The van der Waals surface area contributed by atoms with Crippen molar-refractivity contribution in [2.24, 2.45) is 10.8 Å². The quantitative estimate of drug-likeness (QED) is 0.787. The van der Waals surface area contributed by atoms with Crippen LogP contribution >= 0.6 is 15.9 Å². The van der Waals surface area contributed by atoms with E-state index in [1.807, 2.05) is 13.0 Å². The molecule has 0 aliphatic carbocycles. The minimum atomic E-state index is -0.149. The molecule has 0 atom stereocenters. The number of carbonyl (C=O) groups is 1. The highest BCUT2D eigenvalue weighted by molar-refractivity contribution is 9.10. The molecule has 4 aliphatic heterocycles. The standard InChI is InChI=1S/C18H23BrN2O2/c1-4-23-14-6-5-12(19)7-13(14)15-20-8-17(2)9-21(15)11-18(3,10-20)16(17)22/h5-7,15H,4,8-11H2,1-3H3/p+2. The van der Waals surface area contributed by atoms with Crippen LogP contribution in [0.1, 0.15) is 32.5 Å². The molecule has 0 spiro atoms. The van der Waals surface area contributed by atoms with E-state index in [9.17, 15) is 4.79 Å². The van der Waals surface area contributed by atoms with Crippen LogP contribution in [-0.2, 0) is 4.79 Å². The molecule has 2 N–H and O–H groups in total. The van der Waals surface area contributed by atoms with Gasteiger partial charge in [-0.3, -0.25) is 14.6 Å². The number of benzene rings is 1. The number of ketones is 1. The molecular formula is C18H25BrN2O2+2. The molecule has 4 fully saturated rings. The van der Waals surface area contributed by atoms with Crippen molar-refractivity contribution in [1.82, 2.24) is 0 Å². The van der Waals surface area contributed by atoms with Crippen LogP contribution in [0.4, 0.5) is 0 Å². The lowest BCUT2D eigenvalue weighted by Gasteiger charge is -2.58. The van der Waals surface area contributed by atoms with Crippen LogP contribution in [0.3, 0.4) is 0 Å². The minimum absolute atomic E-state index is 0.149. The summed E-state index contributed by atoms with van der Waals surface area (Å²) in [5.74, 6) is 1.49. The topological polar surface area (TPSA) is 35.2 Å². The zero-order valence-electron chi connectivity index (χ0n) is 14.0. The zero-order valence-corrected chi connectivity index (χ0v) is 15.6. The fourth-order valence-electron chi connectivity index (χ4n) is 5.47. The van der Waals surface area contributed by atoms with Crippen LogP contribution in [-0.4, -0.2) is 38.6 Å². The highest BCUT2D eigenvalue weighted by Crippen LogP contribution is 2.37. The number of nitrogens with one attached hydrogen (secondary N) is 2. The normalized spacial score (nSPS) is 41.4. The minimum Gasteiger partial charge on any atom is -0.493 e. The molecule has 0 saturated carbocycles. The Morgan fingerprint density at radius 2 is 1.74 bits per heavy atom. The summed E-state index contributed by atoms with van der Waals surface area (Å²) in [6.45, 7) is 10.9. The van der Waals surface area contributed by atoms with Crippen molar-refractivity contribution < 1.29 is 19.3 Å². The molecule has 0 unspecified atom stereocenters. The van der Waals surface area contributed by atoms with E-state index in [4.69, 9.17) is 4.74 Å². The van der Waals surface area contributed by atoms with Gasteiger partial charge in [0, 0.05) is 4.47 Å². The Morgan fingerprint density at radius 1 is 1.17 bits per heavy atom. The molecule has 4 heterocycles. The van der Waals surface area contributed by atoms with E-state index in [1.165, 1.54) is 5.56 Å². The van der Waals surface area contributed by atoms with E-state index in [0.29, 0.717) is 18.6 Å². The smallest absolute Gasteiger partial charge is 0.244 e. The second kappa shape index (κ2) is 5.04. The first-order valence-corrected chi connectivity index (χ1v) is 9.32. The van der Waals surface area contributed by atoms with Gasteiger partial charge in [-0.2, -0.15) is 0 Å². The van der Waals surface area contributed by atoms with E-state index >= 15 is 0 Å². The van der Waals surface area contributed by atoms with Crippen LogP contribution in [0.5, 0.6) is 5.75 Å². The lowest BCUT2D eigenvalue weighted by atomic mass is 9.62. The Morgan fingerprint density at radius 3 is 2.26 bits per heavy atom. The van der Waals surface area contributed by atoms with Gasteiger partial charge >= 0.3 is 0 Å². The molecule has 1 aromatic rings. The highest BCUT2D eigenvalue weighted by Gasteiger charge is 2.68. The summed E-state index contributed by atoms with van der Waals surface area (Å²) in [6, 6.07) is 6.33. The second-order valence-electron chi connectivity index (χ2n) is 8.02. The Balaban J connectivity index is 1.76. The predicted molar refractivity (Wildman–Crippen MR) is 90.7 cm³/mol. The molecule has 5 rings (SSSR count). The van der Waals surface area contributed by atoms with E-state index in [-0.39, 0.29) is 10.8 Å². The molecule has 4 aliphatic rings. The molecule has 0 aromatic heterocycles. The lowest BCUT2D eigenvalue weighted by Crippen LogP contribution is -3.41. The van der Waals surface area contributed by atoms with Crippen LogP contribution in [0, 0.1) is 10.8 Å². The molecule has 4 nitrogen and oxygen atoms in total. The van der Waals surface area contributed by atoms with Gasteiger partial charge in [0.05, 0.1) is 6.61 Å². The maximum atomic E-state index is 12.8. The van der Waals surface area contributed by atoms with Gasteiger partial charge in [-0.1, -0.05) is 15.9 Å². The number of ether oxygens (including phenoxy) is 1. The number of piperidine rings is 2. The van der Waals surface area contributed by atoms with E-state index in [0.717, 1.165) is 36.4 Å². The van der Waals surface area contributed by atoms with Gasteiger partial charge in [-0.15, -0.1) is 0 Å². The summed E-state index contributed by atoms with van der Waals surface area (Å²) in [5.41, 5.74) is 0.985. The van der Waals surface area contributed by atoms with E-state index < -0.39 is 0 Å². The average Bonchev–Trinajstić information content (AvgIpc) is 2.46. The second-order valence-corrected chi connectivity index (χ2v) is 8.94. The highest BCUT2D eigenvalue weighted by atomic mass is 79.9. The van der Waals surface area contributed by atoms with Crippen molar-refractivity contribution in [1.29, 1.82) is 0 Å². The van der Waals surface area contributed by atoms with Gasteiger partial charge < -0.3 is 4.74 Å². The van der Waals surface area contributed by atoms with Crippen LogP contribution in [0.15, 0.2) is 22.7 Å². The monoisotopic (exact) mass is 380 g/mol. The fraction of sp³-hybridized carbons (Fsp3) is 0.611. The van der Waals surface area contributed by atoms with E-state index in [2.05, 4.69) is 41.9 Å². The van der Waals surface area contributed by atoms with Gasteiger partial charge in [0.25, 0.3) is 0 Å². The number of quaternary nitrogens is 2. The van der Waals surface area contributed by atoms with Gasteiger partial charge in [0.1, 0.15) is 48.3 Å². The van der Waals surface area contributed by atoms with Crippen LogP contribution < -0.4 is 14.5 Å². The summed E-state index contributed by atoms with van der Waals surface area (Å²) in [4.78, 5) is 15.9. The van der Waals surface area contributed by atoms with Gasteiger partial charge in [0.2, 0.25) is 6.17 Å². The van der Waals surface area contributed by atoms with Gasteiger partial charge in [-0.25, -0.2) is 0 Å². The average molecular weight is 381 g/mol. The Kier molecular flexibility index (Phi) is 3.42. The van der Waals surface area contributed by atoms with Crippen LogP contribution in [0.2, 0.25) is 0 Å². The SMILES string of the molecule is CCOc1ccc(Br)cc1C1[NH+]2CC3(C)C[NH+]1CC(C)(C2)C3=O. The first-order valence-electron chi connectivity index (χ1n) is 8.53. The molecule has 23 heavy (non-hydrogen) atoms. The fourth-order valence-corrected chi connectivity index (χ4v) is 5.85. The third kappa shape index (κ3) is 2.20. The zero-order chi connectivity index (χ0) is 16.4. The molecule has 124 valence electrons. The molecule has 0 amide bonds. The Labute approximate surface area is 145 Å². The largest absolute Gasteiger partial charge is 0.493 e. The van der Waals surface area contributed by atoms with Crippen molar-refractivity contribution in [2.45, 2.75) is 26.9 Å². The van der Waals surface area contributed by atoms with Gasteiger partial charge in [0.15, 0.2) is 5.78 Å². The Bertz CT molecular complexity index is 635. The number of hydrogen-bond donors (Lipinski definition) is 2. The summed E-state index contributed by atoms with van der Waals surface area (Å²) in [7, 11) is 0. The van der Waals surface area contributed by atoms with E-state index in [1.54, 1.807) is 9.80 Å². The third-order valence-electron chi connectivity index (χ3n) is 5.96. The molecule has 0 radical (unpaired) electrons. The number of rotatable bonds is 3. The Hall–Kier alpha value is -0.910. The van der Waals surface area contributed by atoms with Crippen LogP contribution in [0.25, 0.3) is 0 Å². The van der Waals surface area contributed by atoms with Gasteiger partial charge in [-0.05, 0) is 39.0 Å². The molecule has 4 bridgehead atoms. The molecule has 4 saturated heterocycles. The number of Topliss-reactive ketones (excluding diaryl/α,β-unsaturated/α-hetero) is 1. The number of halogens is 1. The van der Waals surface area contributed by atoms with Crippen molar-refractivity contribution in [2.75, 3.05) is 32.8 Å². The predicted octanol–water partition coefficient (Wildman–Crippen LogP) is 0.239. The summed E-state index contributed by atoms with van der Waals surface area (Å²) < 4.78 is 7.00. The van der Waals surface area contributed by atoms with Crippen molar-refractivity contribution in [3.63, 3.8) is 0 Å². The maximum absolute atomic E-state index is 12.8. The molecule has 1 aromatic carbocycles. The summed E-state index contributed by atoms with van der Waals surface area (Å²) >= 11 is 3.62.